The standard InChI is InChI=1S/C25H26N4O4S/c1-16-22(34-25-27-24(28-29(16)25)18-7-9-19(31-2)10-8-18)13-14-26-23(30)12-6-17-5-11-20(32-3)21(15-17)33-4/h5-12,15H,13-14H2,1-4H3,(H,26,30)/b12-6+. The second-order valence-corrected chi connectivity index (χ2v) is 8.52. The molecular weight excluding hydrogens is 452 g/mol. The summed E-state index contributed by atoms with van der Waals surface area (Å²) in [6.07, 6.45) is 3.96. The van der Waals surface area contributed by atoms with Crippen molar-refractivity contribution >= 4 is 28.3 Å². The van der Waals surface area contributed by atoms with E-state index in [1.54, 1.807) is 44.8 Å². The van der Waals surface area contributed by atoms with Gasteiger partial charge in [0.2, 0.25) is 10.9 Å². The number of ether oxygens (including phenoxy) is 3. The number of methoxy groups -OCH3 is 3. The van der Waals surface area contributed by atoms with Gasteiger partial charge in [-0.3, -0.25) is 4.79 Å². The van der Waals surface area contributed by atoms with Crippen molar-refractivity contribution in [2.24, 2.45) is 0 Å². The normalized spacial score (nSPS) is 11.2. The molecule has 9 heteroatoms. The van der Waals surface area contributed by atoms with E-state index in [4.69, 9.17) is 14.2 Å². The number of fused-ring (bicyclic) bond motifs is 1. The molecule has 8 nitrogen and oxygen atoms in total. The van der Waals surface area contributed by atoms with Gasteiger partial charge in [-0.05, 0) is 55.0 Å². The van der Waals surface area contributed by atoms with E-state index in [-0.39, 0.29) is 5.91 Å². The molecule has 1 N–H and O–H groups in total. The minimum absolute atomic E-state index is 0.159. The Hall–Kier alpha value is -3.85. The molecule has 0 bridgehead atoms. The van der Waals surface area contributed by atoms with Gasteiger partial charge in [-0.25, -0.2) is 4.52 Å². The van der Waals surface area contributed by atoms with Gasteiger partial charge >= 0.3 is 0 Å². The number of aromatic nitrogens is 3. The van der Waals surface area contributed by atoms with Crippen LogP contribution in [0, 0.1) is 6.92 Å². The molecule has 0 saturated heterocycles. The van der Waals surface area contributed by atoms with Gasteiger partial charge in [0.1, 0.15) is 5.75 Å². The maximum Gasteiger partial charge on any atom is 0.244 e. The highest BCUT2D eigenvalue weighted by atomic mass is 32.1. The van der Waals surface area contributed by atoms with Crippen molar-refractivity contribution in [3.8, 4) is 28.6 Å². The predicted octanol–water partition coefficient (Wildman–Crippen LogP) is 4.16. The highest BCUT2D eigenvalue weighted by Gasteiger charge is 2.14. The minimum atomic E-state index is -0.159. The zero-order valence-electron chi connectivity index (χ0n) is 19.5. The number of amides is 1. The van der Waals surface area contributed by atoms with E-state index in [1.807, 2.05) is 47.8 Å². The van der Waals surface area contributed by atoms with E-state index in [9.17, 15) is 4.79 Å². The van der Waals surface area contributed by atoms with Crippen molar-refractivity contribution in [2.45, 2.75) is 13.3 Å². The fourth-order valence-corrected chi connectivity index (χ4v) is 4.52. The van der Waals surface area contributed by atoms with Crippen LogP contribution in [0.2, 0.25) is 0 Å². The van der Waals surface area contributed by atoms with Crippen molar-refractivity contribution < 1.29 is 19.0 Å². The van der Waals surface area contributed by atoms with Crippen molar-refractivity contribution in [3.05, 3.63) is 64.7 Å². The molecule has 34 heavy (non-hydrogen) atoms. The van der Waals surface area contributed by atoms with Gasteiger partial charge in [0, 0.05) is 29.5 Å². The molecule has 0 aliphatic heterocycles. The third-order valence-corrected chi connectivity index (χ3v) is 6.54. The van der Waals surface area contributed by atoms with Crippen LogP contribution < -0.4 is 19.5 Å². The number of nitrogens with one attached hydrogen (secondary N) is 1. The third-order valence-electron chi connectivity index (χ3n) is 5.35. The molecule has 0 saturated carbocycles. The Balaban J connectivity index is 1.35. The Kier molecular flexibility index (Phi) is 7.12. The Morgan fingerprint density at radius 1 is 1.06 bits per heavy atom. The molecule has 0 unspecified atom stereocenters. The molecule has 4 aromatic rings. The van der Waals surface area contributed by atoms with Crippen LogP contribution in [-0.2, 0) is 11.2 Å². The van der Waals surface area contributed by atoms with Crippen LogP contribution in [0.3, 0.4) is 0 Å². The van der Waals surface area contributed by atoms with Gasteiger partial charge in [-0.2, -0.15) is 4.98 Å². The fraction of sp³-hybridized carbons (Fsp3) is 0.240. The minimum Gasteiger partial charge on any atom is -0.497 e. The Labute approximate surface area is 201 Å². The van der Waals surface area contributed by atoms with E-state index in [0.717, 1.165) is 32.4 Å². The number of hydrogen-bond donors (Lipinski definition) is 1. The molecule has 0 atom stereocenters. The number of aryl methyl sites for hydroxylation is 1. The average Bonchev–Trinajstić information content (AvgIpc) is 3.41. The number of hydrogen-bond acceptors (Lipinski definition) is 7. The van der Waals surface area contributed by atoms with E-state index in [0.29, 0.717) is 30.3 Å². The maximum atomic E-state index is 12.2. The molecule has 2 aromatic carbocycles. The molecule has 176 valence electrons. The maximum absolute atomic E-state index is 12.2. The summed E-state index contributed by atoms with van der Waals surface area (Å²) in [5, 5.41) is 7.58. The Morgan fingerprint density at radius 3 is 2.50 bits per heavy atom. The molecule has 0 aliphatic carbocycles. The Bertz CT molecular complexity index is 1320. The van der Waals surface area contributed by atoms with Crippen LogP contribution in [0.1, 0.15) is 16.1 Å². The van der Waals surface area contributed by atoms with Gasteiger partial charge in [-0.1, -0.05) is 17.4 Å². The molecule has 0 fully saturated rings. The molecule has 0 spiro atoms. The first kappa shape index (κ1) is 23.3. The quantitative estimate of drug-likeness (QED) is 0.364. The monoisotopic (exact) mass is 478 g/mol. The summed E-state index contributed by atoms with van der Waals surface area (Å²) in [5.41, 5.74) is 2.82. The van der Waals surface area contributed by atoms with Crippen molar-refractivity contribution in [1.82, 2.24) is 19.9 Å². The molecule has 2 aromatic heterocycles. The van der Waals surface area contributed by atoms with Crippen molar-refractivity contribution in [2.75, 3.05) is 27.9 Å². The lowest BCUT2D eigenvalue weighted by molar-refractivity contribution is -0.116. The molecule has 1 amide bonds. The summed E-state index contributed by atoms with van der Waals surface area (Å²) in [7, 11) is 4.81. The van der Waals surface area contributed by atoms with Gasteiger partial charge in [0.15, 0.2) is 17.3 Å². The molecule has 4 rings (SSSR count). The zero-order chi connectivity index (χ0) is 24.1. The van der Waals surface area contributed by atoms with E-state index in [2.05, 4.69) is 15.4 Å². The summed E-state index contributed by atoms with van der Waals surface area (Å²) in [4.78, 5) is 18.9. The first-order chi connectivity index (χ1) is 16.5. The van der Waals surface area contributed by atoms with Gasteiger partial charge in [0.25, 0.3) is 0 Å². The first-order valence-corrected chi connectivity index (χ1v) is 11.5. The second kappa shape index (κ2) is 10.4. The molecular formula is C25H26N4O4S. The molecule has 0 radical (unpaired) electrons. The summed E-state index contributed by atoms with van der Waals surface area (Å²) in [5.74, 6) is 2.58. The van der Waals surface area contributed by atoms with Crippen LogP contribution in [-0.4, -0.2) is 48.4 Å². The second-order valence-electron chi connectivity index (χ2n) is 7.46. The van der Waals surface area contributed by atoms with Gasteiger partial charge in [-0.15, -0.1) is 5.10 Å². The first-order valence-electron chi connectivity index (χ1n) is 10.7. The Morgan fingerprint density at radius 2 is 1.82 bits per heavy atom. The van der Waals surface area contributed by atoms with E-state index < -0.39 is 0 Å². The topological polar surface area (TPSA) is 87.0 Å². The van der Waals surface area contributed by atoms with Crippen LogP contribution in [0.25, 0.3) is 22.4 Å². The number of carbonyl (C=O) groups excluding carboxylic acids is 1. The highest BCUT2D eigenvalue weighted by Crippen LogP contribution is 2.28. The number of benzene rings is 2. The molecule has 0 aliphatic rings. The number of carbonyl (C=O) groups is 1. The summed E-state index contributed by atoms with van der Waals surface area (Å²) >= 11 is 1.59. The third kappa shape index (κ3) is 5.04. The van der Waals surface area contributed by atoms with Crippen LogP contribution in [0.4, 0.5) is 0 Å². The van der Waals surface area contributed by atoms with Crippen molar-refractivity contribution in [1.29, 1.82) is 0 Å². The van der Waals surface area contributed by atoms with E-state index >= 15 is 0 Å². The summed E-state index contributed by atoms with van der Waals surface area (Å²) < 4.78 is 17.6. The fourth-order valence-electron chi connectivity index (χ4n) is 3.47. The number of thiazole rings is 1. The number of rotatable bonds is 9. The SMILES string of the molecule is COc1ccc(-c2nc3sc(CCNC(=O)/C=C/c4ccc(OC)c(OC)c4)c(C)n3n2)cc1. The molecule has 2 heterocycles. The average molecular weight is 479 g/mol. The summed E-state index contributed by atoms with van der Waals surface area (Å²) in [6.45, 7) is 2.54. The van der Waals surface area contributed by atoms with Crippen LogP contribution in [0.15, 0.2) is 48.5 Å². The number of nitrogens with zero attached hydrogens (tertiary/aromatic N) is 3. The van der Waals surface area contributed by atoms with Crippen LogP contribution >= 0.6 is 11.3 Å². The zero-order valence-corrected chi connectivity index (χ0v) is 20.3. The predicted molar refractivity (Wildman–Crippen MR) is 133 cm³/mol. The van der Waals surface area contributed by atoms with E-state index in [1.165, 1.54) is 6.08 Å². The smallest absolute Gasteiger partial charge is 0.244 e. The largest absolute Gasteiger partial charge is 0.497 e. The highest BCUT2D eigenvalue weighted by molar-refractivity contribution is 7.17. The summed E-state index contributed by atoms with van der Waals surface area (Å²) in [6, 6.07) is 13.2. The van der Waals surface area contributed by atoms with Crippen molar-refractivity contribution in [3.63, 3.8) is 0 Å². The lowest BCUT2D eigenvalue weighted by atomic mass is 10.2. The van der Waals surface area contributed by atoms with Gasteiger partial charge in [0.05, 0.1) is 27.0 Å². The lowest BCUT2D eigenvalue weighted by Crippen LogP contribution is -2.23. The lowest BCUT2D eigenvalue weighted by Gasteiger charge is -2.07. The van der Waals surface area contributed by atoms with Crippen LogP contribution in [0.5, 0.6) is 17.2 Å². The van der Waals surface area contributed by atoms with Gasteiger partial charge < -0.3 is 19.5 Å².